The largest absolute Gasteiger partial charge is 0.370 e. The molecular weight excluding hydrogens is 238 g/mol. The van der Waals surface area contributed by atoms with Gasteiger partial charge in [-0.25, -0.2) is 9.97 Å². The molecule has 4 heteroatoms. The van der Waals surface area contributed by atoms with Gasteiger partial charge in [0.05, 0.1) is 0 Å². The molecule has 0 radical (unpaired) electrons. The zero-order valence-corrected chi connectivity index (χ0v) is 12.5. The van der Waals surface area contributed by atoms with E-state index in [2.05, 4.69) is 43.0 Å². The Morgan fingerprint density at radius 1 is 1.26 bits per heavy atom. The lowest BCUT2D eigenvalue weighted by Crippen LogP contribution is -2.21. The molecule has 1 aliphatic rings. The van der Waals surface area contributed by atoms with E-state index in [1.807, 2.05) is 0 Å². The number of ether oxygens (including phenoxy) is 1. The molecule has 0 aromatic carbocycles. The van der Waals surface area contributed by atoms with Crippen LogP contribution in [0.4, 0.5) is 0 Å². The summed E-state index contributed by atoms with van der Waals surface area (Å²) in [6, 6.07) is 0. The Morgan fingerprint density at radius 3 is 2.47 bits per heavy atom. The van der Waals surface area contributed by atoms with Crippen molar-refractivity contribution in [1.29, 1.82) is 0 Å². The molecule has 0 amide bonds. The highest BCUT2D eigenvalue weighted by molar-refractivity contribution is 5.24. The fraction of sp³-hybridized carbons (Fsp3) is 0.733. The van der Waals surface area contributed by atoms with E-state index in [1.54, 1.807) is 0 Å². The lowest BCUT2D eigenvalue weighted by molar-refractivity contribution is 0.104. The summed E-state index contributed by atoms with van der Waals surface area (Å²) < 4.78 is 5.66. The van der Waals surface area contributed by atoms with Gasteiger partial charge >= 0.3 is 0 Å². The van der Waals surface area contributed by atoms with Crippen LogP contribution in [0.15, 0.2) is 0 Å². The molecule has 1 aromatic heterocycles. The summed E-state index contributed by atoms with van der Waals surface area (Å²) in [5.41, 5.74) is 3.38. The first-order valence-electron chi connectivity index (χ1n) is 7.24. The average molecular weight is 263 g/mol. The Balaban J connectivity index is 2.08. The van der Waals surface area contributed by atoms with Crippen LogP contribution in [0.5, 0.6) is 0 Å². The predicted molar refractivity (Wildman–Crippen MR) is 76.0 cm³/mol. The molecule has 0 spiro atoms. The minimum absolute atomic E-state index is 0.107. The second-order valence-electron chi connectivity index (χ2n) is 5.76. The molecule has 0 bridgehead atoms. The fourth-order valence-electron chi connectivity index (χ4n) is 2.43. The van der Waals surface area contributed by atoms with Crippen molar-refractivity contribution >= 4 is 0 Å². The van der Waals surface area contributed by atoms with Crippen molar-refractivity contribution in [2.75, 3.05) is 13.2 Å². The third-order valence-electron chi connectivity index (χ3n) is 3.51. The molecule has 2 heterocycles. The zero-order valence-electron chi connectivity index (χ0n) is 12.5. The van der Waals surface area contributed by atoms with Gasteiger partial charge in [-0.2, -0.15) is 0 Å². The summed E-state index contributed by atoms with van der Waals surface area (Å²) in [6.45, 7) is 11.3. The highest BCUT2D eigenvalue weighted by Gasteiger charge is 2.22. The Bertz CT molecular complexity index is 402. The maximum absolute atomic E-state index is 5.66. The number of hydrogen-bond acceptors (Lipinski definition) is 4. The van der Waals surface area contributed by atoms with Crippen LogP contribution in [0.3, 0.4) is 0 Å². The quantitative estimate of drug-likeness (QED) is 0.887. The van der Waals surface area contributed by atoms with Crippen molar-refractivity contribution in [1.82, 2.24) is 15.3 Å². The van der Waals surface area contributed by atoms with Crippen LogP contribution < -0.4 is 5.32 Å². The normalized spacial score (nSPS) is 19.3. The number of nitrogens with zero attached hydrogens (tertiary/aromatic N) is 2. The SMILES string of the molecule is Cc1nc(C2CCCO2)nc(C)c1CNCC(C)C. The van der Waals surface area contributed by atoms with E-state index >= 15 is 0 Å². The highest BCUT2D eigenvalue weighted by atomic mass is 16.5. The molecule has 1 aromatic rings. The van der Waals surface area contributed by atoms with Crippen molar-refractivity contribution in [3.8, 4) is 0 Å². The minimum atomic E-state index is 0.107. The van der Waals surface area contributed by atoms with E-state index in [0.29, 0.717) is 5.92 Å². The molecule has 0 aliphatic carbocycles. The van der Waals surface area contributed by atoms with Gasteiger partial charge in [0.15, 0.2) is 5.82 Å². The van der Waals surface area contributed by atoms with Gasteiger partial charge in [0, 0.05) is 30.1 Å². The molecular formula is C15H25N3O. The number of aryl methyl sites for hydroxylation is 2. The molecule has 0 saturated carbocycles. The second-order valence-corrected chi connectivity index (χ2v) is 5.76. The van der Waals surface area contributed by atoms with Crippen molar-refractivity contribution < 1.29 is 4.74 Å². The fourth-order valence-corrected chi connectivity index (χ4v) is 2.43. The first-order valence-corrected chi connectivity index (χ1v) is 7.24. The summed E-state index contributed by atoms with van der Waals surface area (Å²) in [4.78, 5) is 9.28. The zero-order chi connectivity index (χ0) is 13.8. The first-order chi connectivity index (χ1) is 9.08. The Morgan fingerprint density at radius 2 is 1.95 bits per heavy atom. The number of aromatic nitrogens is 2. The summed E-state index contributed by atoms with van der Waals surface area (Å²) >= 11 is 0. The van der Waals surface area contributed by atoms with Crippen LogP contribution in [0.2, 0.25) is 0 Å². The van der Waals surface area contributed by atoms with Crippen molar-refractivity contribution in [2.45, 2.75) is 53.2 Å². The summed E-state index contributed by atoms with van der Waals surface area (Å²) in [5.74, 6) is 1.52. The van der Waals surface area contributed by atoms with Gasteiger partial charge in [0.2, 0.25) is 0 Å². The molecule has 1 atom stereocenters. The van der Waals surface area contributed by atoms with Crippen LogP contribution >= 0.6 is 0 Å². The van der Waals surface area contributed by atoms with E-state index in [-0.39, 0.29) is 6.10 Å². The molecule has 4 nitrogen and oxygen atoms in total. The van der Waals surface area contributed by atoms with Gasteiger partial charge in [0.25, 0.3) is 0 Å². The molecule has 1 fully saturated rings. The monoisotopic (exact) mass is 263 g/mol. The molecule has 2 rings (SSSR count). The summed E-state index contributed by atoms with van der Waals surface area (Å²) in [7, 11) is 0. The smallest absolute Gasteiger partial charge is 0.157 e. The van der Waals surface area contributed by atoms with Crippen LogP contribution in [-0.2, 0) is 11.3 Å². The highest BCUT2D eigenvalue weighted by Crippen LogP contribution is 2.26. The molecule has 1 aliphatic heterocycles. The van der Waals surface area contributed by atoms with Crippen LogP contribution in [0.25, 0.3) is 0 Å². The van der Waals surface area contributed by atoms with Gasteiger partial charge in [-0.15, -0.1) is 0 Å². The van der Waals surface area contributed by atoms with E-state index < -0.39 is 0 Å². The number of nitrogens with one attached hydrogen (secondary N) is 1. The summed E-state index contributed by atoms with van der Waals surface area (Å²) in [6.07, 6.45) is 2.27. The topological polar surface area (TPSA) is 47.0 Å². The van der Waals surface area contributed by atoms with Gasteiger partial charge in [-0.05, 0) is 39.2 Å². The number of hydrogen-bond donors (Lipinski definition) is 1. The van der Waals surface area contributed by atoms with Crippen LogP contribution in [0, 0.1) is 19.8 Å². The van der Waals surface area contributed by atoms with Crippen LogP contribution in [0.1, 0.15) is 55.6 Å². The third kappa shape index (κ3) is 3.74. The molecule has 106 valence electrons. The minimum Gasteiger partial charge on any atom is -0.370 e. The van der Waals surface area contributed by atoms with E-state index in [0.717, 1.165) is 49.8 Å². The molecule has 1 N–H and O–H groups in total. The Hall–Kier alpha value is -1.00. The second kappa shape index (κ2) is 6.44. The Labute approximate surface area is 116 Å². The Kier molecular flexibility index (Phi) is 4.88. The molecule has 1 unspecified atom stereocenters. The summed E-state index contributed by atoms with van der Waals surface area (Å²) in [5, 5.41) is 3.46. The number of rotatable bonds is 5. The predicted octanol–water partition coefficient (Wildman–Crippen LogP) is 2.69. The average Bonchev–Trinajstić information content (AvgIpc) is 2.85. The van der Waals surface area contributed by atoms with Crippen molar-refractivity contribution in [3.05, 3.63) is 22.8 Å². The van der Waals surface area contributed by atoms with Gasteiger partial charge in [-0.1, -0.05) is 13.8 Å². The van der Waals surface area contributed by atoms with E-state index in [9.17, 15) is 0 Å². The lowest BCUT2D eigenvalue weighted by atomic mass is 10.1. The first kappa shape index (κ1) is 14.4. The standard InChI is InChI=1S/C15H25N3O/c1-10(2)8-16-9-13-11(3)17-15(18-12(13)4)14-6-5-7-19-14/h10,14,16H,5-9H2,1-4H3. The van der Waals surface area contributed by atoms with Crippen molar-refractivity contribution in [3.63, 3.8) is 0 Å². The van der Waals surface area contributed by atoms with E-state index in [4.69, 9.17) is 4.74 Å². The molecule has 1 saturated heterocycles. The lowest BCUT2D eigenvalue weighted by Gasteiger charge is -2.15. The van der Waals surface area contributed by atoms with E-state index in [1.165, 1.54) is 5.56 Å². The van der Waals surface area contributed by atoms with Gasteiger partial charge in [0.1, 0.15) is 6.10 Å². The maximum Gasteiger partial charge on any atom is 0.157 e. The van der Waals surface area contributed by atoms with Crippen molar-refractivity contribution in [2.24, 2.45) is 5.92 Å². The van der Waals surface area contributed by atoms with Gasteiger partial charge < -0.3 is 10.1 Å². The maximum atomic E-state index is 5.66. The van der Waals surface area contributed by atoms with Crippen LogP contribution in [-0.4, -0.2) is 23.1 Å². The molecule has 19 heavy (non-hydrogen) atoms. The van der Waals surface area contributed by atoms with Gasteiger partial charge in [-0.3, -0.25) is 0 Å². The third-order valence-corrected chi connectivity index (χ3v) is 3.51.